The van der Waals surface area contributed by atoms with Crippen LogP contribution < -0.4 is 0 Å². The van der Waals surface area contributed by atoms with E-state index in [0.717, 1.165) is 0 Å². The quantitative estimate of drug-likeness (QED) is 0.642. The van der Waals surface area contributed by atoms with E-state index in [0.29, 0.717) is 0 Å². The zero-order valence-corrected chi connectivity index (χ0v) is 11.6. The van der Waals surface area contributed by atoms with Gasteiger partial charge in [0.15, 0.2) is 0 Å². The molecule has 0 aliphatic heterocycles. The molecule has 0 aliphatic carbocycles. The van der Waals surface area contributed by atoms with Gasteiger partial charge in [-0.25, -0.2) is 0 Å². The second kappa shape index (κ2) is 6.63. The smallest absolute Gasteiger partial charge is 0.307 e. The lowest BCUT2D eigenvalue weighted by Crippen LogP contribution is -2.18. The Morgan fingerprint density at radius 2 is 2.21 bits per heavy atom. The van der Waals surface area contributed by atoms with Crippen LogP contribution in [0.25, 0.3) is 0 Å². The number of hydrogen-bond acceptors (Lipinski definition) is 4. The van der Waals surface area contributed by atoms with Crippen molar-refractivity contribution in [2.75, 3.05) is 5.75 Å². The lowest BCUT2D eigenvalue weighted by molar-refractivity contribution is -0.385. The molecule has 2 unspecified atom stereocenters. The third-order valence-corrected chi connectivity index (χ3v) is 4.16. The highest BCUT2D eigenvalue weighted by molar-refractivity contribution is 7.84. The Labute approximate surface area is 117 Å². The molecule has 0 spiro atoms. The predicted molar refractivity (Wildman–Crippen MR) is 71.6 cm³/mol. The molecule has 0 amide bonds. The third-order valence-electron chi connectivity index (χ3n) is 2.42. The van der Waals surface area contributed by atoms with Crippen molar-refractivity contribution >= 4 is 34.1 Å². The fourth-order valence-electron chi connectivity index (χ4n) is 1.41. The van der Waals surface area contributed by atoms with Gasteiger partial charge in [0, 0.05) is 33.2 Å². The minimum absolute atomic E-state index is 0.0465. The van der Waals surface area contributed by atoms with Crippen LogP contribution in [0.5, 0.6) is 0 Å². The van der Waals surface area contributed by atoms with Gasteiger partial charge in [-0.05, 0) is 12.1 Å². The van der Waals surface area contributed by atoms with Crippen molar-refractivity contribution in [3.05, 3.63) is 38.9 Å². The van der Waals surface area contributed by atoms with Gasteiger partial charge >= 0.3 is 5.97 Å². The fourth-order valence-corrected chi connectivity index (χ4v) is 2.99. The number of carbonyl (C=O) groups is 1. The van der Waals surface area contributed by atoms with Crippen LogP contribution in [0.4, 0.5) is 5.69 Å². The topological polar surface area (TPSA) is 97.5 Å². The Hall–Kier alpha value is -1.47. The number of benzene rings is 1. The summed E-state index contributed by atoms with van der Waals surface area (Å²) in [5.74, 6) is -1.91. The van der Waals surface area contributed by atoms with E-state index in [4.69, 9.17) is 16.7 Å². The molecular formula is C11H12ClNO5S. The van der Waals surface area contributed by atoms with E-state index >= 15 is 0 Å². The number of hydrogen-bond donors (Lipinski definition) is 1. The van der Waals surface area contributed by atoms with E-state index in [1.54, 1.807) is 0 Å². The molecule has 2 atom stereocenters. The molecule has 0 saturated heterocycles. The summed E-state index contributed by atoms with van der Waals surface area (Å²) in [4.78, 5) is 20.9. The molecule has 0 fully saturated rings. The summed E-state index contributed by atoms with van der Waals surface area (Å²) in [6.07, 6.45) is 0. The summed E-state index contributed by atoms with van der Waals surface area (Å²) in [7, 11) is -1.48. The van der Waals surface area contributed by atoms with Crippen molar-refractivity contribution in [3.63, 3.8) is 0 Å². The molecule has 0 aromatic heterocycles. The zero-order valence-electron chi connectivity index (χ0n) is 10.0. The van der Waals surface area contributed by atoms with Gasteiger partial charge in [-0.3, -0.25) is 19.1 Å². The van der Waals surface area contributed by atoms with Crippen LogP contribution in [-0.2, 0) is 21.3 Å². The number of rotatable bonds is 6. The minimum atomic E-state index is -1.48. The first-order valence-corrected chi connectivity index (χ1v) is 7.18. The molecule has 8 heteroatoms. The maximum absolute atomic E-state index is 11.8. The standard InChI is InChI=1S/C11H12ClNO5S/c1-7(11(14)15)5-19(18)6-8-2-3-9(12)4-10(8)13(16)17/h2-4,7H,5-6H2,1H3,(H,14,15). The Balaban J connectivity index is 2.85. The van der Waals surface area contributed by atoms with Crippen molar-refractivity contribution in [2.45, 2.75) is 12.7 Å². The van der Waals surface area contributed by atoms with Gasteiger partial charge in [-0.15, -0.1) is 0 Å². The normalized spacial score (nSPS) is 13.8. The Morgan fingerprint density at radius 1 is 1.58 bits per heavy atom. The monoisotopic (exact) mass is 305 g/mol. The molecule has 1 rings (SSSR count). The van der Waals surface area contributed by atoms with Gasteiger partial charge < -0.3 is 5.11 Å². The average Bonchev–Trinajstić information content (AvgIpc) is 2.30. The van der Waals surface area contributed by atoms with Gasteiger partial charge in [-0.2, -0.15) is 0 Å². The SMILES string of the molecule is CC(CS(=O)Cc1ccc(Cl)cc1[N+](=O)[O-])C(=O)O. The predicted octanol–water partition coefficient (Wildman–Crippen LogP) is 2.22. The lowest BCUT2D eigenvalue weighted by Gasteiger charge is -2.07. The Morgan fingerprint density at radius 3 is 2.74 bits per heavy atom. The van der Waals surface area contributed by atoms with E-state index in [1.165, 1.54) is 25.1 Å². The van der Waals surface area contributed by atoms with Crippen LogP contribution in [0.2, 0.25) is 5.02 Å². The maximum Gasteiger partial charge on any atom is 0.307 e. The first-order valence-electron chi connectivity index (χ1n) is 5.32. The van der Waals surface area contributed by atoms with Gasteiger partial charge in [-0.1, -0.05) is 18.5 Å². The van der Waals surface area contributed by atoms with Crippen molar-refractivity contribution in [1.82, 2.24) is 0 Å². The fraction of sp³-hybridized carbons (Fsp3) is 0.364. The van der Waals surface area contributed by atoms with Crippen LogP contribution in [0.1, 0.15) is 12.5 Å². The summed E-state index contributed by atoms with van der Waals surface area (Å²) in [6.45, 7) is 1.44. The number of carboxylic acid groups (broad SMARTS) is 1. The second-order valence-electron chi connectivity index (χ2n) is 4.02. The van der Waals surface area contributed by atoms with E-state index in [2.05, 4.69) is 0 Å². The van der Waals surface area contributed by atoms with Crippen LogP contribution in [0.15, 0.2) is 18.2 Å². The molecule has 6 nitrogen and oxygen atoms in total. The molecule has 1 N–H and O–H groups in total. The Kier molecular flexibility index (Phi) is 5.44. The summed E-state index contributed by atoms with van der Waals surface area (Å²) in [5.41, 5.74) is 0.0779. The first-order chi connectivity index (χ1) is 8.81. The van der Waals surface area contributed by atoms with Gasteiger partial charge in [0.25, 0.3) is 5.69 Å². The van der Waals surface area contributed by atoms with E-state index < -0.39 is 27.6 Å². The maximum atomic E-state index is 11.8. The number of halogens is 1. The zero-order chi connectivity index (χ0) is 14.6. The molecule has 1 aromatic carbocycles. The molecule has 19 heavy (non-hydrogen) atoms. The van der Waals surface area contributed by atoms with Gasteiger partial charge in [0.2, 0.25) is 0 Å². The minimum Gasteiger partial charge on any atom is -0.481 e. The van der Waals surface area contributed by atoms with Crippen LogP contribution >= 0.6 is 11.6 Å². The molecule has 0 heterocycles. The van der Waals surface area contributed by atoms with E-state index in [9.17, 15) is 19.1 Å². The first kappa shape index (κ1) is 15.6. The van der Waals surface area contributed by atoms with Crippen molar-refractivity contribution < 1.29 is 19.0 Å². The number of nitro benzene ring substituents is 1. The highest BCUT2D eigenvalue weighted by Gasteiger charge is 2.19. The van der Waals surface area contributed by atoms with Crippen molar-refractivity contribution in [2.24, 2.45) is 5.92 Å². The van der Waals surface area contributed by atoms with E-state index in [-0.39, 0.29) is 27.8 Å². The molecule has 0 bridgehead atoms. The highest BCUT2D eigenvalue weighted by Crippen LogP contribution is 2.24. The molecule has 0 radical (unpaired) electrons. The lowest BCUT2D eigenvalue weighted by atomic mass is 10.2. The largest absolute Gasteiger partial charge is 0.481 e. The second-order valence-corrected chi connectivity index (χ2v) is 5.96. The van der Waals surface area contributed by atoms with Crippen molar-refractivity contribution in [3.8, 4) is 0 Å². The van der Waals surface area contributed by atoms with Crippen LogP contribution in [-0.4, -0.2) is 26.0 Å². The highest BCUT2D eigenvalue weighted by atomic mass is 35.5. The Bertz CT molecular complexity index is 534. The summed E-state index contributed by atoms with van der Waals surface area (Å²) in [5, 5.41) is 19.8. The summed E-state index contributed by atoms with van der Waals surface area (Å²) < 4.78 is 11.8. The molecule has 0 aliphatic rings. The molecule has 1 aromatic rings. The van der Waals surface area contributed by atoms with Crippen LogP contribution in [0, 0.1) is 16.0 Å². The number of nitrogens with zero attached hydrogens (tertiary/aromatic N) is 1. The number of carboxylic acids is 1. The van der Waals surface area contributed by atoms with Crippen LogP contribution in [0.3, 0.4) is 0 Å². The molecule has 104 valence electrons. The van der Waals surface area contributed by atoms with Gasteiger partial charge in [0.05, 0.1) is 16.6 Å². The number of nitro groups is 1. The van der Waals surface area contributed by atoms with Gasteiger partial charge in [0.1, 0.15) is 0 Å². The van der Waals surface area contributed by atoms with E-state index in [1.807, 2.05) is 0 Å². The summed E-state index contributed by atoms with van der Waals surface area (Å²) >= 11 is 5.67. The van der Waals surface area contributed by atoms with Crippen molar-refractivity contribution in [1.29, 1.82) is 0 Å². The number of aliphatic carboxylic acids is 1. The average molecular weight is 306 g/mol. The molecular weight excluding hydrogens is 294 g/mol. The summed E-state index contributed by atoms with van der Waals surface area (Å²) in [6, 6.07) is 4.10. The molecule has 0 saturated carbocycles. The third kappa shape index (κ3) is 4.60.